The second-order valence-corrected chi connectivity index (χ2v) is 5.17. The van der Waals surface area contributed by atoms with E-state index in [4.69, 9.17) is 0 Å². The lowest BCUT2D eigenvalue weighted by molar-refractivity contribution is 0.329. The van der Waals surface area contributed by atoms with Gasteiger partial charge in [-0.2, -0.15) is 5.10 Å². The quantitative estimate of drug-likeness (QED) is 0.889. The molecule has 1 aliphatic rings. The van der Waals surface area contributed by atoms with Gasteiger partial charge in [0.05, 0.1) is 12.2 Å². The van der Waals surface area contributed by atoms with E-state index in [1.54, 1.807) is 12.3 Å². The van der Waals surface area contributed by atoms with Gasteiger partial charge in [-0.1, -0.05) is 25.3 Å². The molecule has 0 amide bonds. The smallest absolute Gasteiger partial charge is 0.164 e. The highest BCUT2D eigenvalue weighted by atomic mass is 19.1. The Hall–Kier alpha value is -1.84. The van der Waals surface area contributed by atoms with E-state index >= 15 is 0 Å². The molecule has 19 heavy (non-hydrogen) atoms. The first-order chi connectivity index (χ1) is 9.24. The highest BCUT2D eigenvalue weighted by Crippen LogP contribution is 2.30. The molecule has 0 radical (unpaired) electrons. The van der Waals surface area contributed by atoms with Crippen molar-refractivity contribution in [3.63, 3.8) is 0 Å². The fraction of sp³-hybridized carbons (Fsp3) is 0.400. The first-order valence-electron chi connectivity index (χ1n) is 6.77. The first-order valence-corrected chi connectivity index (χ1v) is 6.77. The fourth-order valence-corrected chi connectivity index (χ4v) is 2.72. The van der Waals surface area contributed by atoms with Gasteiger partial charge in [0.25, 0.3) is 0 Å². The van der Waals surface area contributed by atoms with Gasteiger partial charge in [0.15, 0.2) is 11.6 Å². The van der Waals surface area contributed by atoms with Crippen LogP contribution < -0.4 is 0 Å². The lowest BCUT2D eigenvalue weighted by Crippen LogP contribution is -2.12. The number of aromatic nitrogens is 2. The summed E-state index contributed by atoms with van der Waals surface area (Å²) in [5, 5.41) is 13.8. The summed E-state index contributed by atoms with van der Waals surface area (Å²) in [5.74, 6) is -0.911. The number of halogens is 1. The Labute approximate surface area is 111 Å². The molecule has 1 aromatic carbocycles. The van der Waals surface area contributed by atoms with Crippen LogP contribution in [0, 0.1) is 5.82 Å². The van der Waals surface area contributed by atoms with E-state index in [1.165, 1.54) is 44.2 Å². The van der Waals surface area contributed by atoms with Crippen LogP contribution in [0.25, 0.3) is 11.1 Å². The summed E-state index contributed by atoms with van der Waals surface area (Å²) in [6.07, 6.45) is 9.96. The minimum absolute atomic E-state index is 0.317. The zero-order chi connectivity index (χ0) is 13.2. The Bertz CT molecular complexity index is 573. The minimum Gasteiger partial charge on any atom is -0.505 e. The molecule has 1 aliphatic carbocycles. The van der Waals surface area contributed by atoms with Crippen molar-refractivity contribution in [2.45, 2.75) is 38.1 Å². The molecule has 1 aromatic heterocycles. The van der Waals surface area contributed by atoms with E-state index in [0.717, 1.165) is 11.1 Å². The highest BCUT2D eigenvalue weighted by molar-refractivity contribution is 5.63. The monoisotopic (exact) mass is 260 g/mol. The summed E-state index contributed by atoms with van der Waals surface area (Å²) in [5.41, 5.74) is 1.71. The van der Waals surface area contributed by atoms with Crippen molar-refractivity contribution in [3.8, 4) is 16.9 Å². The molecule has 3 nitrogen and oxygen atoms in total. The molecular formula is C15H17FN2O. The molecule has 0 atom stereocenters. The average Bonchev–Trinajstić information content (AvgIpc) is 2.93. The molecule has 0 bridgehead atoms. The molecule has 100 valence electrons. The molecule has 2 aromatic rings. The van der Waals surface area contributed by atoms with E-state index in [9.17, 15) is 9.50 Å². The van der Waals surface area contributed by atoms with Crippen molar-refractivity contribution < 1.29 is 9.50 Å². The molecule has 1 saturated carbocycles. The summed E-state index contributed by atoms with van der Waals surface area (Å²) in [6.45, 7) is 0. The molecule has 0 unspecified atom stereocenters. The second-order valence-electron chi connectivity index (χ2n) is 5.17. The summed E-state index contributed by atoms with van der Waals surface area (Å²) in [6, 6.07) is 4.87. The van der Waals surface area contributed by atoms with Crippen LogP contribution in [0.15, 0.2) is 30.6 Å². The third-order valence-corrected chi connectivity index (χ3v) is 3.83. The van der Waals surface area contributed by atoms with Crippen molar-refractivity contribution in [2.24, 2.45) is 0 Å². The zero-order valence-corrected chi connectivity index (χ0v) is 10.7. The summed E-state index contributed by atoms with van der Waals surface area (Å²) < 4.78 is 15.0. The van der Waals surface area contributed by atoms with Crippen LogP contribution in [0.4, 0.5) is 4.39 Å². The van der Waals surface area contributed by atoms with Gasteiger partial charge < -0.3 is 5.11 Å². The largest absolute Gasteiger partial charge is 0.505 e. The van der Waals surface area contributed by atoms with E-state index in [1.807, 2.05) is 10.9 Å². The predicted molar refractivity (Wildman–Crippen MR) is 71.4 cm³/mol. The molecule has 0 aliphatic heterocycles. The zero-order valence-electron chi connectivity index (χ0n) is 10.7. The van der Waals surface area contributed by atoms with Crippen molar-refractivity contribution >= 4 is 0 Å². The molecule has 4 heteroatoms. The van der Waals surface area contributed by atoms with Gasteiger partial charge in [-0.25, -0.2) is 4.39 Å². The Balaban J connectivity index is 1.85. The van der Waals surface area contributed by atoms with Crippen LogP contribution in [-0.2, 0) is 0 Å². The van der Waals surface area contributed by atoms with Gasteiger partial charge in [0.1, 0.15) is 0 Å². The van der Waals surface area contributed by atoms with Crippen LogP contribution in [0.1, 0.15) is 38.1 Å². The minimum atomic E-state index is -0.594. The number of phenolic OH excluding ortho intramolecular Hbond substituents is 1. The number of hydrogen-bond donors (Lipinski definition) is 1. The maximum absolute atomic E-state index is 13.0. The van der Waals surface area contributed by atoms with E-state index in [2.05, 4.69) is 5.10 Å². The van der Waals surface area contributed by atoms with Crippen molar-refractivity contribution in [3.05, 3.63) is 36.4 Å². The van der Waals surface area contributed by atoms with Crippen LogP contribution in [0.3, 0.4) is 0 Å². The van der Waals surface area contributed by atoms with Gasteiger partial charge in [-0.05, 0) is 30.5 Å². The number of phenols is 1. The van der Waals surface area contributed by atoms with Crippen LogP contribution in [0.5, 0.6) is 5.75 Å². The Morgan fingerprint density at radius 1 is 1.16 bits per heavy atom. The standard InChI is InChI=1S/C15H17FN2O/c16-14-7-6-11(8-15(14)19)12-9-17-18(10-12)13-4-2-1-3-5-13/h6-10,13,19H,1-5H2. The lowest BCUT2D eigenvalue weighted by atomic mass is 9.96. The average molecular weight is 260 g/mol. The highest BCUT2D eigenvalue weighted by Gasteiger charge is 2.16. The van der Waals surface area contributed by atoms with Crippen LogP contribution in [-0.4, -0.2) is 14.9 Å². The molecule has 1 N–H and O–H groups in total. The summed E-state index contributed by atoms with van der Waals surface area (Å²) >= 11 is 0. The van der Waals surface area contributed by atoms with Gasteiger partial charge in [0, 0.05) is 11.8 Å². The second kappa shape index (κ2) is 5.03. The van der Waals surface area contributed by atoms with Gasteiger partial charge in [-0.15, -0.1) is 0 Å². The Kier molecular flexibility index (Phi) is 3.23. The molecular weight excluding hydrogens is 243 g/mol. The van der Waals surface area contributed by atoms with Gasteiger partial charge >= 0.3 is 0 Å². The predicted octanol–water partition coefficient (Wildman–Crippen LogP) is 3.90. The molecule has 3 rings (SSSR count). The van der Waals surface area contributed by atoms with Crippen molar-refractivity contribution in [1.29, 1.82) is 0 Å². The molecule has 0 spiro atoms. The Morgan fingerprint density at radius 2 is 1.95 bits per heavy atom. The van der Waals surface area contributed by atoms with Crippen molar-refractivity contribution in [1.82, 2.24) is 9.78 Å². The third kappa shape index (κ3) is 2.48. The van der Waals surface area contributed by atoms with E-state index in [0.29, 0.717) is 6.04 Å². The van der Waals surface area contributed by atoms with E-state index in [-0.39, 0.29) is 5.75 Å². The van der Waals surface area contributed by atoms with E-state index < -0.39 is 5.82 Å². The summed E-state index contributed by atoms with van der Waals surface area (Å²) in [4.78, 5) is 0. The number of rotatable bonds is 2. The van der Waals surface area contributed by atoms with Gasteiger partial charge in [-0.3, -0.25) is 4.68 Å². The van der Waals surface area contributed by atoms with Crippen LogP contribution in [0.2, 0.25) is 0 Å². The number of benzene rings is 1. The molecule has 0 saturated heterocycles. The Morgan fingerprint density at radius 3 is 2.68 bits per heavy atom. The lowest BCUT2D eigenvalue weighted by Gasteiger charge is -2.21. The molecule has 1 heterocycles. The topological polar surface area (TPSA) is 38.1 Å². The third-order valence-electron chi connectivity index (χ3n) is 3.83. The fourth-order valence-electron chi connectivity index (χ4n) is 2.72. The van der Waals surface area contributed by atoms with Crippen molar-refractivity contribution in [2.75, 3.05) is 0 Å². The number of nitrogens with zero attached hydrogens (tertiary/aromatic N) is 2. The SMILES string of the molecule is Oc1cc(-c2cnn(C3CCCCC3)c2)ccc1F. The molecule has 1 fully saturated rings. The maximum Gasteiger partial charge on any atom is 0.164 e. The summed E-state index contributed by atoms with van der Waals surface area (Å²) in [7, 11) is 0. The maximum atomic E-state index is 13.0. The van der Waals surface area contributed by atoms with Gasteiger partial charge in [0.2, 0.25) is 0 Å². The number of aromatic hydroxyl groups is 1. The normalized spacial score (nSPS) is 16.7. The van der Waals surface area contributed by atoms with Crippen LogP contribution >= 0.6 is 0 Å². The first kappa shape index (κ1) is 12.2. The number of hydrogen-bond acceptors (Lipinski definition) is 2.